The third-order valence-corrected chi connectivity index (χ3v) is 1.96. The van der Waals surface area contributed by atoms with Crippen molar-refractivity contribution < 1.29 is 32.3 Å². The first kappa shape index (κ1) is 15.7. The summed E-state index contributed by atoms with van der Waals surface area (Å²) in [5.74, 6) is -2.92. The molecule has 0 aliphatic carbocycles. The van der Waals surface area contributed by atoms with E-state index in [4.69, 9.17) is 0 Å². The molecule has 0 saturated carbocycles. The highest BCUT2D eigenvalue weighted by molar-refractivity contribution is 5.82. The van der Waals surface area contributed by atoms with Gasteiger partial charge >= 0.3 is 18.1 Å². The Labute approximate surface area is 96.4 Å². The van der Waals surface area contributed by atoms with Crippen LogP contribution in [0.25, 0.3) is 0 Å². The number of ether oxygens (including phenoxy) is 1. The Morgan fingerprint density at radius 2 is 1.65 bits per heavy atom. The number of methoxy groups -OCH3 is 1. The van der Waals surface area contributed by atoms with Gasteiger partial charge in [0.25, 0.3) is 0 Å². The van der Waals surface area contributed by atoms with Crippen LogP contribution < -0.4 is 0 Å². The molecule has 0 atom stereocenters. The van der Waals surface area contributed by atoms with Crippen LogP contribution in [-0.2, 0) is 19.2 Å². The lowest BCUT2D eigenvalue weighted by atomic mass is 10.00. The van der Waals surface area contributed by atoms with Crippen molar-refractivity contribution in [3.63, 3.8) is 0 Å². The molecule has 0 rings (SSSR count). The average molecular weight is 257 g/mol. The van der Waals surface area contributed by atoms with Crippen molar-refractivity contribution in [3.05, 3.63) is 0 Å². The molecule has 0 aliphatic heterocycles. The van der Waals surface area contributed by atoms with Crippen molar-refractivity contribution in [2.24, 2.45) is 0 Å². The van der Waals surface area contributed by atoms with Crippen LogP contribution in [0, 0.1) is 0 Å². The first-order valence-corrected chi connectivity index (χ1v) is 4.58. The fourth-order valence-corrected chi connectivity index (χ4v) is 1.22. The number of alkyl halides is 3. The molecule has 0 aromatic rings. The zero-order valence-electron chi connectivity index (χ0n) is 9.92. The molecule has 0 aromatic carbocycles. The molecule has 0 radical (unpaired) electrons. The van der Waals surface area contributed by atoms with Crippen LogP contribution in [0.4, 0.5) is 13.2 Å². The molecular formula is C9H14F3NO4. The lowest BCUT2D eigenvalue weighted by molar-refractivity contribution is -0.244. The van der Waals surface area contributed by atoms with Crippen molar-refractivity contribution in [1.82, 2.24) is 5.06 Å². The predicted molar refractivity (Wildman–Crippen MR) is 50.6 cm³/mol. The molecule has 0 aliphatic rings. The largest absolute Gasteiger partial charge is 0.473 e. The third-order valence-electron chi connectivity index (χ3n) is 1.96. The summed E-state index contributed by atoms with van der Waals surface area (Å²) in [6.07, 6.45) is -5.48. The fourth-order valence-electron chi connectivity index (χ4n) is 1.22. The second-order valence-corrected chi connectivity index (χ2v) is 3.85. The molecule has 0 bridgehead atoms. The summed E-state index contributed by atoms with van der Waals surface area (Å²) in [7, 11) is 2.02. The van der Waals surface area contributed by atoms with E-state index in [0.29, 0.717) is 0 Å². The van der Waals surface area contributed by atoms with Crippen molar-refractivity contribution in [2.45, 2.75) is 32.0 Å². The lowest BCUT2D eigenvalue weighted by Crippen LogP contribution is -2.53. The zero-order valence-corrected chi connectivity index (χ0v) is 9.92. The molecule has 0 spiro atoms. The minimum atomic E-state index is -5.07. The molecular weight excluding hydrogens is 243 g/mol. The molecule has 17 heavy (non-hydrogen) atoms. The van der Waals surface area contributed by atoms with Gasteiger partial charge in [-0.3, -0.25) is 14.4 Å². The normalized spacial score (nSPS) is 12.2. The van der Waals surface area contributed by atoms with E-state index < -0.39 is 30.0 Å². The van der Waals surface area contributed by atoms with Crippen LogP contribution in [0.3, 0.4) is 0 Å². The number of halogens is 3. The van der Waals surface area contributed by atoms with E-state index in [1.165, 1.54) is 13.8 Å². The molecule has 0 saturated heterocycles. The SMILES string of the molecule is COC(=O)CC(C)(C)N(OC)C(=O)C(F)(F)F. The van der Waals surface area contributed by atoms with Crippen LogP contribution >= 0.6 is 0 Å². The van der Waals surface area contributed by atoms with Gasteiger partial charge in [0, 0.05) is 0 Å². The van der Waals surface area contributed by atoms with E-state index >= 15 is 0 Å². The number of rotatable bonds is 4. The molecule has 100 valence electrons. The van der Waals surface area contributed by atoms with Gasteiger partial charge in [-0.05, 0) is 13.8 Å². The quantitative estimate of drug-likeness (QED) is 0.562. The minimum absolute atomic E-state index is 0.115. The first-order valence-electron chi connectivity index (χ1n) is 4.58. The molecule has 8 heteroatoms. The van der Waals surface area contributed by atoms with E-state index in [1.807, 2.05) is 0 Å². The summed E-state index contributed by atoms with van der Waals surface area (Å²) in [6, 6.07) is 0. The van der Waals surface area contributed by atoms with Crippen molar-refractivity contribution >= 4 is 11.9 Å². The second-order valence-electron chi connectivity index (χ2n) is 3.85. The third kappa shape index (κ3) is 4.22. The summed E-state index contributed by atoms with van der Waals surface area (Å²) < 4.78 is 41.1. The number of hydroxylamine groups is 2. The van der Waals surface area contributed by atoms with Gasteiger partial charge in [0.15, 0.2) is 0 Å². The highest BCUT2D eigenvalue weighted by Gasteiger charge is 2.48. The summed E-state index contributed by atoms with van der Waals surface area (Å²) in [5.41, 5.74) is -1.46. The van der Waals surface area contributed by atoms with Gasteiger partial charge in [-0.1, -0.05) is 0 Å². The van der Waals surface area contributed by atoms with Gasteiger partial charge in [0.1, 0.15) is 0 Å². The van der Waals surface area contributed by atoms with E-state index in [1.54, 1.807) is 0 Å². The Morgan fingerprint density at radius 3 is 1.94 bits per heavy atom. The first-order chi connectivity index (χ1) is 7.56. The maximum atomic E-state index is 12.2. The second kappa shape index (κ2) is 5.35. The van der Waals surface area contributed by atoms with Gasteiger partial charge < -0.3 is 4.74 Å². The minimum Gasteiger partial charge on any atom is -0.469 e. The van der Waals surface area contributed by atoms with Crippen LogP contribution in [0.15, 0.2) is 0 Å². The zero-order chi connectivity index (χ0) is 13.9. The highest BCUT2D eigenvalue weighted by atomic mass is 19.4. The molecule has 0 aromatic heterocycles. The van der Waals surface area contributed by atoms with Crippen molar-refractivity contribution in [3.8, 4) is 0 Å². The van der Waals surface area contributed by atoms with Gasteiger partial charge in [-0.15, -0.1) is 0 Å². The van der Waals surface area contributed by atoms with E-state index in [-0.39, 0.29) is 5.06 Å². The van der Waals surface area contributed by atoms with Gasteiger partial charge in [-0.25, -0.2) is 5.06 Å². The van der Waals surface area contributed by atoms with Gasteiger partial charge in [0.05, 0.1) is 26.2 Å². The van der Waals surface area contributed by atoms with E-state index in [2.05, 4.69) is 9.57 Å². The topological polar surface area (TPSA) is 55.8 Å². The van der Waals surface area contributed by atoms with Crippen LogP contribution in [0.1, 0.15) is 20.3 Å². The van der Waals surface area contributed by atoms with Gasteiger partial charge in [0.2, 0.25) is 0 Å². The Morgan fingerprint density at radius 1 is 1.18 bits per heavy atom. The number of nitrogens with zero attached hydrogens (tertiary/aromatic N) is 1. The smallest absolute Gasteiger partial charge is 0.469 e. The van der Waals surface area contributed by atoms with E-state index in [0.717, 1.165) is 14.2 Å². The standard InChI is InChI=1S/C9H14F3NO4/c1-8(2,5-6(14)16-3)13(17-4)7(15)9(10,11)12/h5H2,1-4H3. The summed E-state index contributed by atoms with van der Waals surface area (Å²) in [5, 5.41) is 0.115. The average Bonchev–Trinajstić information content (AvgIpc) is 2.15. The predicted octanol–water partition coefficient (Wildman–Crippen LogP) is 1.28. The fraction of sp³-hybridized carbons (Fsp3) is 0.778. The monoisotopic (exact) mass is 257 g/mol. The molecule has 1 amide bonds. The highest BCUT2D eigenvalue weighted by Crippen LogP contribution is 2.26. The molecule has 0 unspecified atom stereocenters. The van der Waals surface area contributed by atoms with Crippen molar-refractivity contribution in [1.29, 1.82) is 0 Å². The Kier molecular flexibility index (Phi) is 4.94. The molecule has 0 heterocycles. The van der Waals surface area contributed by atoms with Crippen molar-refractivity contribution in [2.75, 3.05) is 14.2 Å². The molecule has 0 fully saturated rings. The number of carbonyl (C=O) groups excluding carboxylic acids is 2. The Bertz CT molecular complexity index is 301. The summed E-state index contributed by atoms with van der Waals surface area (Å²) in [4.78, 5) is 26.5. The number of hydrogen-bond donors (Lipinski definition) is 0. The van der Waals surface area contributed by atoms with Gasteiger partial charge in [-0.2, -0.15) is 13.2 Å². The number of hydrogen-bond acceptors (Lipinski definition) is 4. The van der Waals surface area contributed by atoms with Crippen LogP contribution in [-0.4, -0.2) is 42.9 Å². The van der Waals surface area contributed by atoms with Crippen LogP contribution in [0.5, 0.6) is 0 Å². The maximum Gasteiger partial charge on any atom is 0.473 e. The summed E-state index contributed by atoms with van der Waals surface area (Å²) in [6.45, 7) is 2.52. The Hall–Kier alpha value is -1.31. The number of esters is 1. The number of amides is 1. The lowest BCUT2D eigenvalue weighted by Gasteiger charge is -2.35. The number of carbonyl (C=O) groups is 2. The van der Waals surface area contributed by atoms with Crippen LogP contribution in [0.2, 0.25) is 0 Å². The summed E-state index contributed by atoms with van der Waals surface area (Å²) >= 11 is 0. The Balaban J connectivity index is 4.98. The molecule has 5 nitrogen and oxygen atoms in total. The maximum absolute atomic E-state index is 12.2. The van der Waals surface area contributed by atoms with E-state index in [9.17, 15) is 22.8 Å². The molecule has 0 N–H and O–H groups in total.